The fourth-order valence-corrected chi connectivity index (χ4v) is 2.21. The maximum atomic E-state index is 11.2. The summed E-state index contributed by atoms with van der Waals surface area (Å²) in [5.74, 6) is 4.12. The van der Waals surface area contributed by atoms with Crippen LogP contribution in [0.4, 0.5) is 0 Å². The highest BCUT2D eigenvalue weighted by Crippen LogP contribution is 2.30. The summed E-state index contributed by atoms with van der Waals surface area (Å²) in [4.78, 5) is 19.3. The average molecular weight is 229 g/mol. The number of benzene rings is 1. The van der Waals surface area contributed by atoms with E-state index in [4.69, 9.17) is 17.5 Å². The zero-order valence-electron chi connectivity index (χ0n) is 6.86. The molecule has 72 valence electrons. The van der Waals surface area contributed by atoms with Crippen LogP contribution in [0.3, 0.4) is 0 Å². The van der Waals surface area contributed by atoms with E-state index in [-0.39, 0.29) is 5.56 Å². The van der Waals surface area contributed by atoms with Gasteiger partial charge in [0.05, 0.1) is 26.3 Å². The van der Waals surface area contributed by atoms with Gasteiger partial charge in [-0.3, -0.25) is 0 Å². The van der Waals surface area contributed by atoms with E-state index >= 15 is 0 Å². The van der Waals surface area contributed by atoms with Crippen molar-refractivity contribution in [1.82, 2.24) is 4.98 Å². The number of thiazole rings is 1. The molecule has 2 rings (SSSR count). The lowest BCUT2D eigenvalue weighted by atomic mass is 10.2. The highest BCUT2D eigenvalue weighted by molar-refractivity contribution is 7.17. The maximum absolute atomic E-state index is 11.2. The van der Waals surface area contributed by atoms with Crippen LogP contribution in [0.2, 0.25) is 5.02 Å². The van der Waals surface area contributed by atoms with Crippen LogP contribution in [0.25, 0.3) is 10.2 Å². The smallest absolute Gasteiger partial charge is 0.358 e. The van der Waals surface area contributed by atoms with E-state index in [2.05, 4.69) is 9.82 Å². The van der Waals surface area contributed by atoms with Crippen LogP contribution in [0.15, 0.2) is 17.6 Å². The SMILES string of the molecule is NOC(=O)c1ccc2ncsc2c1Cl. The molecule has 1 aromatic heterocycles. The Morgan fingerprint density at radius 2 is 2.36 bits per heavy atom. The molecule has 1 heterocycles. The fraction of sp³-hybridized carbons (Fsp3) is 0. The van der Waals surface area contributed by atoms with Crippen molar-refractivity contribution >= 4 is 39.1 Å². The van der Waals surface area contributed by atoms with Gasteiger partial charge in [0.15, 0.2) is 0 Å². The van der Waals surface area contributed by atoms with E-state index in [1.54, 1.807) is 17.6 Å². The van der Waals surface area contributed by atoms with Gasteiger partial charge in [-0.2, -0.15) is 5.90 Å². The topological polar surface area (TPSA) is 65.2 Å². The van der Waals surface area contributed by atoms with E-state index in [0.29, 0.717) is 5.02 Å². The number of fused-ring (bicyclic) bond motifs is 1. The number of nitrogens with two attached hydrogens (primary N) is 1. The van der Waals surface area contributed by atoms with E-state index in [0.717, 1.165) is 10.2 Å². The second-order valence-electron chi connectivity index (χ2n) is 2.53. The van der Waals surface area contributed by atoms with Crippen molar-refractivity contribution in [3.63, 3.8) is 0 Å². The molecule has 0 saturated heterocycles. The van der Waals surface area contributed by atoms with Crippen molar-refractivity contribution in [2.24, 2.45) is 5.90 Å². The Labute approximate surface area is 88.2 Å². The quantitative estimate of drug-likeness (QED) is 0.758. The van der Waals surface area contributed by atoms with Crippen LogP contribution in [0.5, 0.6) is 0 Å². The Balaban J connectivity index is 2.67. The van der Waals surface area contributed by atoms with Crippen molar-refractivity contribution in [3.8, 4) is 0 Å². The standard InChI is InChI=1S/C8H5ClN2O2S/c9-6-4(8(12)13-10)1-2-5-7(6)14-3-11-5/h1-3H,10H2. The van der Waals surface area contributed by atoms with E-state index < -0.39 is 5.97 Å². The number of halogens is 1. The second kappa shape index (κ2) is 3.53. The van der Waals surface area contributed by atoms with Gasteiger partial charge in [0, 0.05) is 0 Å². The van der Waals surface area contributed by atoms with Crippen LogP contribution in [-0.4, -0.2) is 11.0 Å². The molecule has 0 saturated carbocycles. The minimum absolute atomic E-state index is 0.255. The maximum Gasteiger partial charge on any atom is 0.358 e. The van der Waals surface area contributed by atoms with Crippen LogP contribution in [0, 0.1) is 0 Å². The predicted octanol–water partition coefficient (Wildman–Crippen LogP) is 1.98. The summed E-state index contributed by atoms with van der Waals surface area (Å²) < 4.78 is 0.759. The van der Waals surface area contributed by atoms with Gasteiger partial charge in [-0.05, 0) is 12.1 Å². The summed E-state index contributed by atoms with van der Waals surface area (Å²) in [5, 5.41) is 0.334. The lowest BCUT2D eigenvalue weighted by Crippen LogP contribution is -2.10. The summed E-state index contributed by atoms with van der Waals surface area (Å²) in [6.45, 7) is 0. The van der Waals surface area contributed by atoms with Gasteiger partial charge in [-0.25, -0.2) is 9.78 Å². The van der Waals surface area contributed by atoms with Gasteiger partial charge in [-0.15, -0.1) is 11.3 Å². The molecule has 0 radical (unpaired) electrons. The minimum atomic E-state index is -0.648. The number of nitrogens with zero attached hydrogens (tertiary/aromatic N) is 1. The highest BCUT2D eigenvalue weighted by Gasteiger charge is 2.14. The molecule has 14 heavy (non-hydrogen) atoms. The Morgan fingerprint density at radius 1 is 1.57 bits per heavy atom. The predicted molar refractivity (Wildman–Crippen MR) is 54.2 cm³/mol. The molecule has 0 aliphatic heterocycles. The highest BCUT2D eigenvalue weighted by atomic mass is 35.5. The Morgan fingerprint density at radius 3 is 3.07 bits per heavy atom. The molecule has 1 aromatic carbocycles. The Kier molecular flexibility index (Phi) is 2.37. The zero-order valence-corrected chi connectivity index (χ0v) is 8.43. The monoisotopic (exact) mass is 228 g/mol. The third-order valence-corrected chi connectivity index (χ3v) is 3.13. The molecular weight excluding hydrogens is 224 g/mol. The molecule has 2 aromatic rings. The van der Waals surface area contributed by atoms with Gasteiger partial charge in [0.2, 0.25) is 0 Å². The van der Waals surface area contributed by atoms with Gasteiger partial charge in [0.25, 0.3) is 0 Å². The van der Waals surface area contributed by atoms with Gasteiger partial charge >= 0.3 is 5.97 Å². The molecule has 0 amide bonds. The molecule has 0 bridgehead atoms. The number of hydrogen-bond donors (Lipinski definition) is 1. The summed E-state index contributed by atoms with van der Waals surface area (Å²) in [6, 6.07) is 3.24. The first-order chi connectivity index (χ1) is 6.74. The molecule has 0 aliphatic carbocycles. The van der Waals surface area contributed by atoms with Gasteiger partial charge in [-0.1, -0.05) is 11.6 Å². The number of rotatable bonds is 1. The van der Waals surface area contributed by atoms with Crippen LogP contribution < -0.4 is 5.90 Å². The van der Waals surface area contributed by atoms with E-state index in [1.165, 1.54) is 11.3 Å². The number of hydrogen-bond acceptors (Lipinski definition) is 5. The fourth-order valence-electron chi connectivity index (χ4n) is 1.12. The molecule has 0 fully saturated rings. The molecule has 0 spiro atoms. The molecule has 2 N–H and O–H groups in total. The summed E-state index contributed by atoms with van der Waals surface area (Å²) >= 11 is 7.33. The molecule has 4 nitrogen and oxygen atoms in total. The van der Waals surface area contributed by atoms with Gasteiger partial charge in [0.1, 0.15) is 0 Å². The number of aromatic nitrogens is 1. The lowest BCUT2D eigenvalue weighted by Gasteiger charge is -2.00. The number of carbonyl (C=O) groups is 1. The average Bonchev–Trinajstić information content (AvgIpc) is 2.66. The third kappa shape index (κ3) is 1.35. The second-order valence-corrected chi connectivity index (χ2v) is 3.77. The molecule has 0 aliphatic rings. The normalized spacial score (nSPS) is 10.4. The molecular formula is C8H5ClN2O2S. The first-order valence-electron chi connectivity index (χ1n) is 3.67. The van der Waals surface area contributed by atoms with Crippen molar-refractivity contribution in [3.05, 3.63) is 28.2 Å². The number of carbonyl (C=O) groups excluding carboxylic acids is 1. The largest absolute Gasteiger partial charge is 0.370 e. The Bertz CT molecular complexity index is 497. The van der Waals surface area contributed by atoms with Crippen LogP contribution >= 0.6 is 22.9 Å². The minimum Gasteiger partial charge on any atom is -0.370 e. The van der Waals surface area contributed by atoms with Gasteiger partial charge < -0.3 is 4.84 Å². The van der Waals surface area contributed by atoms with Crippen molar-refractivity contribution < 1.29 is 9.63 Å². The summed E-state index contributed by atoms with van der Waals surface area (Å²) in [6.07, 6.45) is 0. The molecule has 0 unspecified atom stereocenters. The van der Waals surface area contributed by atoms with E-state index in [1.807, 2.05) is 0 Å². The first-order valence-corrected chi connectivity index (χ1v) is 4.92. The van der Waals surface area contributed by atoms with Crippen molar-refractivity contribution in [1.29, 1.82) is 0 Å². The van der Waals surface area contributed by atoms with E-state index in [9.17, 15) is 4.79 Å². The lowest BCUT2D eigenvalue weighted by molar-refractivity contribution is 0.0504. The Hall–Kier alpha value is -1.17. The first kappa shape index (κ1) is 9.39. The molecule has 6 heteroatoms. The van der Waals surface area contributed by atoms with Crippen molar-refractivity contribution in [2.45, 2.75) is 0 Å². The summed E-state index contributed by atoms with van der Waals surface area (Å²) in [5.41, 5.74) is 2.67. The molecule has 0 atom stereocenters. The van der Waals surface area contributed by atoms with Crippen LogP contribution in [-0.2, 0) is 4.84 Å². The van der Waals surface area contributed by atoms with Crippen molar-refractivity contribution in [2.75, 3.05) is 0 Å². The summed E-state index contributed by atoms with van der Waals surface area (Å²) in [7, 11) is 0. The third-order valence-electron chi connectivity index (χ3n) is 1.77. The van der Waals surface area contributed by atoms with Crippen LogP contribution in [0.1, 0.15) is 10.4 Å². The zero-order chi connectivity index (χ0) is 10.1.